The van der Waals surface area contributed by atoms with Gasteiger partial charge in [0.1, 0.15) is 0 Å². The Bertz CT molecular complexity index is 1390. The number of fused-ring (bicyclic) bond motifs is 2. The van der Waals surface area contributed by atoms with Crippen molar-refractivity contribution in [1.29, 1.82) is 0 Å². The van der Waals surface area contributed by atoms with E-state index in [4.69, 9.17) is 10.5 Å². The quantitative estimate of drug-likeness (QED) is 0.331. The predicted octanol–water partition coefficient (Wildman–Crippen LogP) is 2.10. The average molecular weight is 447 g/mol. The molecule has 1 atom stereocenters. The number of hydrogen-bond donors (Lipinski definition) is 4. The summed E-state index contributed by atoms with van der Waals surface area (Å²) < 4.78 is 5.36. The van der Waals surface area contributed by atoms with Gasteiger partial charge in [0.05, 0.1) is 28.9 Å². The standard InChI is InChI=1S/C24H21N3O6/c1-24(27-32,18-19(25)22(30)15-7-3-2-6-14(15)21(18)29)11-12-33-23(31)16-8-4-5-13-9-10-17(28)26-20(13)16/h2-10,27,32H,11-12,25H2,1H3,(H,26,28). The van der Waals surface area contributed by atoms with Gasteiger partial charge >= 0.3 is 5.97 Å². The van der Waals surface area contributed by atoms with Crippen molar-refractivity contribution in [3.8, 4) is 0 Å². The van der Waals surface area contributed by atoms with Gasteiger partial charge in [-0.25, -0.2) is 4.79 Å². The third kappa shape index (κ3) is 3.84. The van der Waals surface area contributed by atoms with E-state index < -0.39 is 23.1 Å². The first-order valence-electron chi connectivity index (χ1n) is 10.2. The number of H-pyrrole nitrogens is 1. The van der Waals surface area contributed by atoms with Crippen LogP contribution < -0.4 is 16.8 Å². The molecule has 0 saturated carbocycles. The zero-order valence-electron chi connectivity index (χ0n) is 17.7. The highest BCUT2D eigenvalue weighted by molar-refractivity contribution is 6.27. The first-order chi connectivity index (χ1) is 15.8. The second-order valence-corrected chi connectivity index (χ2v) is 7.91. The Morgan fingerprint density at radius 3 is 2.42 bits per heavy atom. The van der Waals surface area contributed by atoms with Gasteiger partial charge in [-0.1, -0.05) is 36.4 Å². The molecule has 4 rings (SSSR count). The summed E-state index contributed by atoms with van der Waals surface area (Å²) in [6, 6.07) is 14.2. The summed E-state index contributed by atoms with van der Waals surface area (Å²) in [5.74, 6) is -1.70. The van der Waals surface area contributed by atoms with Crippen molar-refractivity contribution in [3.63, 3.8) is 0 Å². The Hall–Kier alpha value is -4.08. The van der Waals surface area contributed by atoms with Gasteiger partial charge in [-0.3, -0.25) is 14.4 Å². The number of rotatable bonds is 6. The number of hydroxylamine groups is 1. The van der Waals surface area contributed by atoms with E-state index in [1.54, 1.807) is 30.3 Å². The van der Waals surface area contributed by atoms with Crippen molar-refractivity contribution < 1.29 is 24.3 Å². The molecule has 0 bridgehead atoms. The lowest BCUT2D eigenvalue weighted by molar-refractivity contribution is 0.0368. The number of ether oxygens (including phenoxy) is 1. The molecule has 0 saturated heterocycles. The fraction of sp³-hybridized carbons (Fsp3) is 0.167. The lowest BCUT2D eigenvalue weighted by Crippen LogP contribution is -2.49. The normalized spacial score (nSPS) is 15.3. The van der Waals surface area contributed by atoms with Crippen LogP contribution in [-0.2, 0) is 4.74 Å². The molecule has 1 heterocycles. The van der Waals surface area contributed by atoms with Crippen LogP contribution in [0, 0.1) is 0 Å². The summed E-state index contributed by atoms with van der Waals surface area (Å²) in [7, 11) is 0. The van der Waals surface area contributed by atoms with E-state index in [9.17, 15) is 24.4 Å². The number of para-hydroxylation sites is 1. The molecule has 0 fully saturated rings. The highest BCUT2D eigenvalue weighted by Crippen LogP contribution is 2.32. The number of benzene rings is 2. The molecule has 0 radical (unpaired) electrons. The molecule has 2 aromatic carbocycles. The largest absolute Gasteiger partial charge is 0.462 e. The Balaban J connectivity index is 1.57. The molecule has 3 aromatic rings. The van der Waals surface area contributed by atoms with E-state index in [1.807, 2.05) is 0 Å². The van der Waals surface area contributed by atoms with Gasteiger partial charge < -0.3 is 20.7 Å². The fourth-order valence-electron chi connectivity index (χ4n) is 3.95. The van der Waals surface area contributed by atoms with E-state index >= 15 is 0 Å². The van der Waals surface area contributed by atoms with Gasteiger partial charge in [-0.2, -0.15) is 5.48 Å². The van der Waals surface area contributed by atoms with Gasteiger partial charge in [0.2, 0.25) is 11.3 Å². The highest BCUT2D eigenvalue weighted by Gasteiger charge is 2.41. The molecular weight excluding hydrogens is 426 g/mol. The molecule has 9 heteroatoms. The van der Waals surface area contributed by atoms with Gasteiger partial charge in [-0.15, -0.1) is 0 Å². The minimum atomic E-state index is -1.46. The van der Waals surface area contributed by atoms with Crippen molar-refractivity contribution in [3.05, 3.63) is 92.9 Å². The van der Waals surface area contributed by atoms with Gasteiger partial charge in [-0.05, 0) is 24.4 Å². The number of carbonyl (C=O) groups excluding carboxylic acids is 3. The van der Waals surface area contributed by atoms with E-state index in [1.165, 1.54) is 31.2 Å². The third-order valence-electron chi connectivity index (χ3n) is 5.77. The van der Waals surface area contributed by atoms with Crippen LogP contribution in [0.5, 0.6) is 0 Å². The zero-order valence-corrected chi connectivity index (χ0v) is 17.7. The van der Waals surface area contributed by atoms with E-state index in [2.05, 4.69) is 10.5 Å². The SMILES string of the molecule is CC(CCOC(=O)c1cccc2ccc(=O)[nH]c12)(NO)C1=C(N)C(=O)c2ccccc2C1=O. The van der Waals surface area contributed by atoms with Crippen LogP contribution in [0.25, 0.3) is 10.9 Å². The maximum atomic E-state index is 13.1. The maximum absolute atomic E-state index is 13.1. The van der Waals surface area contributed by atoms with E-state index in [0.29, 0.717) is 10.9 Å². The van der Waals surface area contributed by atoms with E-state index in [0.717, 1.165) is 0 Å². The second kappa shape index (κ2) is 8.45. The first kappa shape index (κ1) is 22.1. The summed E-state index contributed by atoms with van der Waals surface area (Å²) in [6.45, 7) is 1.27. The number of allylic oxidation sites excluding steroid dienone is 1. The smallest absolute Gasteiger partial charge is 0.340 e. The molecule has 168 valence electrons. The number of nitrogens with two attached hydrogens (primary N) is 1. The van der Waals surface area contributed by atoms with Crippen LogP contribution >= 0.6 is 0 Å². The lowest BCUT2D eigenvalue weighted by atomic mass is 9.77. The summed E-state index contributed by atoms with van der Waals surface area (Å²) in [4.78, 5) is 52.8. The average Bonchev–Trinajstić information content (AvgIpc) is 2.82. The lowest BCUT2D eigenvalue weighted by Gasteiger charge is -2.33. The Morgan fingerprint density at radius 1 is 1.03 bits per heavy atom. The Labute approximate surface area is 187 Å². The van der Waals surface area contributed by atoms with Crippen LogP contribution in [0.4, 0.5) is 0 Å². The van der Waals surface area contributed by atoms with Gasteiger partial charge in [0.15, 0.2) is 5.78 Å². The van der Waals surface area contributed by atoms with Crippen molar-refractivity contribution in [2.24, 2.45) is 5.73 Å². The van der Waals surface area contributed by atoms with E-state index in [-0.39, 0.29) is 46.5 Å². The molecule has 9 nitrogen and oxygen atoms in total. The minimum Gasteiger partial charge on any atom is -0.462 e. The number of carbonyl (C=O) groups is 3. The van der Waals surface area contributed by atoms with Crippen LogP contribution in [0.15, 0.2) is 70.7 Å². The van der Waals surface area contributed by atoms with Gasteiger partial charge in [0.25, 0.3) is 0 Å². The van der Waals surface area contributed by atoms with Crippen molar-refractivity contribution in [1.82, 2.24) is 10.5 Å². The van der Waals surface area contributed by atoms with Crippen LogP contribution in [0.3, 0.4) is 0 Å². The number of aromatic nitrogens is 1. The summed E-state index contributed by atoms with van der Waals surface area (Å²) in [6.07, 6.45) is -0.0618. The number of ketones is 2. The van der Waals surface area contributed by atoms with Crippen LogP contribution in [0.2, 0.25) is 0 Å². The topological polar surface area (TPSA) is 152 Å². The molecule has 1 aromatic heterocycles. The Kier molecular flexibility index (Phi) is 5.67. The zero-order chi connectivity index (χ0) is 23.8. The predicted molar refractivity (Wildman–Crippen MR) is 119 cm³/mol. The summed E-state index contributed by atoms with van der Waals surface area (Å²) in [5, 5.41) is 10.5. The molecule has 5 N–H and O–H groups in total. The molecule has 1 aliphatic rings. The fourth-order valence-corrected chi connectivity index (χ4v) is 3.95. The molecule has 0 aliphatic heterocycles. The first-order valence-corrected chi connectivity index (χ1v) is 10.2. The summed E-state index contributed by atoms with van der Waals surface area (Å²) >= 11 is 0. The number of hydrogen-bond acceptors (Lipinski definition) is 8. The number of aromatic amines is 1. The minimum absolute atomic E-state index is 0.0618. The molecule has 33 heavy (non-hydrogen) atoms. The summed E-state index contributed by atoms with van der Waals surface area (Å²) in [5.41, 5.74) is 6.76. The van der Waals surface area contributed by atoms with Crippen molar-refractivity contribution >= 4 is 28.4 Å². The molecule has 1 aliphatic carbocycles. The molecule has 0 spiro atoms. The van der Waals surface area contributed by atoms with Crippen LogP contribution in [0.1, 0.15) is 44.4 Å². The second-order valence-electron chi connectivity index (χ2n) is 7.91. The molecule has 0 amide bonds. The maximum Gasteiger partial charge on any atom is 0.340 e. The molecular formula is C24H21N3O6. The number of pyridine rings is 1. The van der Waals surface area contributed by atoms with Crippen molar-refractivity contribution in [2.75, 3.05) is 6.61 Å². The monoisotopic (exact) mass is 447 g/mol. The van der Waals surface area contributed by atoms with Crippen molar-refractivity contribution in [2.45, 2.75) is 18.9 Å². The third-order valence-corrected chi connectivity index (χ3v) is 5.77. The number of esters is 1. The van der Waals surface area contributed by atoms with Gasteiger partial charge in [0, 0.05) is 29.2 Å². The Morgan fingerprint density at radius 2 is 1.73 bits per heavy atom. The molecule has 1 unspecified atom stereocenters. The number of Topliss-reactive ketones (excluding diaryl/α,β-unsaturated/α-hetero) is 2. The number of nitrogens with one attached hydrogen (secondary N) is 2. The highest BCUT2D eigenvalue weighted by atomic mass is 16.5. The van der Waals surface area contributed by atoms with Crippen LogP contribution in [-0.4, -0.2) is 39.9 Å².